The van der Waals surface area contributed by atoms with Crippen LogP contribution in [0.3, 0.4) is 0 Å². The molecule has 100 valence electrons. The van der Waals surface area contributed by atoms with Crippen molar-refractivity contribution in [3.8, 4) is 0 Å². The van der Waals surface area contributed by atoms with Crippen LogP contribution in [0.4, 0.5) is 10.5 Å². The molecule has 0 saturated carbocycles. The van der Waals surface area contributed by atoms with Crippen LogP contribution in [-0.2, 0) is 4.74 Å². The number of imidazole rings is 1. The molecule has 0 saturated heterocycles. The van der Waals surface area contributed by atoms with Crippen LogP contribution in [0.1, 0.15) is 24.5 Å². The average molecular weight is 263 g/mol. The van der Waals surface area contributed by atoms with Crippen LogP contribution >= 0.6 is 0 Å². The van der Waals surface area contributed by atoms with Crippen molar-refractivity contribution in [3.63, 3.8) is 0 Å². The second-order valence-electron chi connectivity index (χ2n) is 4.20. The van der Waals surface area contributed by atoms with Gasteiger partial charge in [-0.25, -0.2) is 14.6 Å². The zero-order valence-electron chi connectivity index (χ0n) is 10.4. The first-order chi connectivity index (χ1) is 8.95. The maximum atomic E-state index is 11.4. The molecule has 0 fully saturated rings. The molecule has 1 aromatic carbocycles. The number of anilines is 1. The third-order valence-corrected chi connectivity index (χ3v) is 2.27. The highest BCUT2D eigenvalue weighted by molar-refractivity contribution is 5.92. The predicted octanol–water partition coefficient (Wildman–Crippen LogP) is 2.22. The highest BCUT2D eigenvalue weighted by Crippen LogP contribution is 2.17. The lowest BCUT2D eigenvalue weighted by atomic mass is 10.3. The standard InChI is InChI=1S/C12H13N3O4/c1-6(2)19-12(18)13-7-3-4-8-9(5-7)15-10(14-8)11(16)17/h3-6H,1-2H3,(H,13,18)(H,14,15)(H,16,17). The number of ether oxygens (including phenoxy) is 1. The first-order valence-corrected chi connectivity index (χ1v) is 5.66. The summed E-state index contributed by atoms with van der Waals surface area (Å²) < 4.78 is 4.94. The number of nitrogens with zero attached hydrogens (tertiary/aromatic N) is 1. The molecular formula is C12H13N3O4. The minimum Gasteiger partial charge on any atom is -0.475 e. The Morgan fingerprint density at radius 1 is 1.42 bits per heavy atom. The number of fused-ring (bicyclic) bond motifs is 1. The minimum absolute atomic E-state index is 0.142. The van der Waals surface area contributed by atoms with Crippen molar-refractivity contribution < 1.29 is 19.4 Å². The van der Waals surface area contributed by atoms with E-state index in [0.29, 0.717) is 16.7 Å². The summed E-state index contributed by atoms with van der Waals surface area (Å²) >= 11 is 0. The van der Waals surface area contributed by atoms with Gasteiger partial charge < -0.3 is 14.8 Å². The Morgan fingerprint density at radius 2 is 2.16 bits per heavy atom. The summed E-state index contributed by atoms with van der Waals surface area (Å²) in [5.74, 6) is -1.28. The summed E-state index contributed by atoms with van der Waals surface area (Å²) in [4.78, 5) is 28.7. The van der Waals surface area contributed by atoms with E-state index >= 15 is 0 Å². The van der Waals surface area contributed by atoms with E-state index in [2.05, 4.69) is 15.3 Å². The third kappa shape index (κ3) is 3.01. The van der Waals surface area contributed by atoms with Gasteiger partial charge in [0, 0.05) is 5.69 Å². The van der Waals surface area contributed by atoms with Gasteiger partial charge in [-0.05, 0) is 32.0 Å². The second kappa shape index (κ2) is 4.97. The SMILES string of the molecule is CC(C)OC(=O)Nc1ccc2nc(C(=O)O)[nH]c2c1. The van der Waals surface area contributed by atoms with Gasteiger partial charge in [0.15, 0.2) is 0 Å². The predicted molar refractivity (Wildman–Crippen MR) is 68.3 cm³/mol. The van der Waals surface area contributed by atoms with Gasteiger partial charge in [-0.2, -0.15) is 0 Å². The van der Waals surface area contributed by atoms with Crippen LogP contribution in [0.25, 0.3) is 11.0 Å². The number of aromatic nitrogens is 2. The van der Waals surface area contributed by atoms with Gasteiger partial charge in [-0.15, -0.1) is 0 Å². The molecule has 0 unspecified atom stereocenters. The molecule has 0 spiro atoms. The minimum atomic E-state index is -1.13. The molecule has 19 heavy (non-hydrogen) atoms. The number of rotatable bonds is 3. The molecule has 0 aliphatic rings. The Morgan fingerprint density at radius 3 is 2.79 bits per heavy atom. The van der Waals surface area contributed by atoms with Crippen molar-refractivity contribution in [2.24, 2.45) is 0 Å². The summed E-state index contributed by atoms with van der Waals surface area (Å²) in [7, 11) is 0. The summed E-state index contributed by atoms with van der Waals surface area (Å²) in [6.07, 6.45) is -0.776. The van der Waals surface area contributed by atoms with Gasteiger partial charge in [0.2, 0.25) is 5.82 Å². The first kappa shape index (κ1) is 12.9. The second-order valence-corrected chi connectivity index (χ2v) is 4.20. The summed E-state index contributed by atoms with van der Waals surface area (Å²) in [6.45, 7) is 3.49. The molecule has 7 nitrogen and oxygen atoms in total. The van der Waals surface area contributed by atoms with E-state index in [-0.39, 0.29) is 11.9 Å². The molecule has 3 N–H and O–H groups in total. The smallest absolute Gasteiger partial charge is 0.411 e. The number of carboxylic acids is 1. The van der Waals surface area contributed by atoms with Crippen molar-refractivity contribution in [3.05, 3.63) is 24.0 Å². The van der Waals surface area contributed by atoms with Crippen molar-refractivity contribution in [1.82, 2.24) is 9.97 Å². The molecular weight excluding hydrogens is 250 g/mol. The fourth-order valence-corrected chi connectivity index (χ4v) is 1.55. The lowest BCUT2D eigenvalue weighted by molar-refractivity contribution is 0.0685. The Balaban J connectivity index is 2.21. The van der Waals surface area contributed by atoms with Gasteiger partial charge in [-0.1, -0.05) is 0 Å². The quantitative estimate of drug-likeness (QED) is 0.787. The first-order valence-electron chi connectivity index (χ1n) is 5.66. The lowest BCUT2D eigenvalue weighted by Crippen LogP contribution is -2.17. The van der Waals surface area contributed by atoms with E-state index in [1.807, 2.05) is 0 Å². The van der Waals surface area contributed by atoms with Gasteiger partial charge in [0.05, 0.1) is 17.1 Å². The normalized spacial score (nSPS) is 10.7. The molecule has 7 heteroatoms. The number of hydrogen-bond donors (Lipinski definition) is 3. The molecule has 0 radical (unpaired) electrons. The van der Waals surface area contributed by atoms with E-state index in [1.165, 1.54) is 0 Å². The highest BCUT2D eigenvalue weighted by atomic mass is 16.6. The number of aromatic amines is 1. The molecule has 0 bridgehead atoms. The van der Waals surface area contributed by atoms with Crippen LogP contribution in [0.15, 0.2) is 18.2 Å². The fourth-order valence-electron chi connectivity index (χ4n) is 1.55. The maximum absolute atomic E-state index is 11.4. The summed E-state index contributed by atoms with van der Waals surface area (Å²) in [5, 5.41) is 11.4. The van der Waals surface area contributed by atoms with E-state index in [0.717, 1.165) is 0 Å². The van der Waals surface area contributed by atoms with Crippen LogP contribution in [0.2, 0.25) is 0 Å². The molecule has 1 heterocycles. The Hall–Kier alpha value is -2.57. The molecule has 0 atom stereocenters. The number of benzene rings is 1. The van der Waals surface area contributed by atoms with Crippen LogP contribution in [0, 0.1) is 0 Å². The fraction of sp³-hybridized carbons (Fsp3) is 0.250. The van der Waals surface area contributed by atoms with Gasteiger partial charge in [-0.3, -0.25) is 5.32 Å². The van der Waals surface area contributed by atoms with Crippen molar-refractivity contribution in [2.45, 2.75) is 20.0 Å². The number of nitrogens with one attached hydrogen (secondary N) is 2. The molecule has 0 aliphatic heterocycles. The van der Waals surface area contributed by atoms with Crippen molar-refractivity contribution in [1.29, 1.82) is 0 Å². The maximum Gasteiger partial charge on any atom is 0.411 e. The monoisotopic (exact) mass is 263 g/mol. The molecule has 0 aliphatic carbocycles. The highest BCUT2D eigenvalue weighted by Gasteiger charge is 2.11. The number of amides is 1. The van der Waals surface area contributed by atoms with Crippen LogP contribution < -0.4 is 5.32 Å². The molecule has 1 aromatic heterocycles. The van der Waals surface area contributed by atoms with E-state index < -0.39 is 12.1 Å². The third-order valence-electron chi connectivity index (χ3n) is 2.27. The summed E-state index contributed by atoms with van der Waals surface area (Å²) in [5.41, 5.74) is 1.54. The number of carbonyl (C=O) groups excluding carboxylic acids is 1. The zero-order valence-corrected chi connectivity index (χ0v) is 10.4. The lowest BCUT2D eigenvalue weighted by Gasteiger charge is -2.09. The number of aromatic carboxylic acids is 1. The topological polar surface area (TPSA) is 104 Å². The number of hydrogen-bond acceptors (Lipinski definition) is 4. The van der Waals surface area contributed by atoms with Gasteiger partial charge >= 0.3 is 12.1 Å². The number of carboxylic acid groups (broad SMARTS) is 1. The molecule has 2 rings (SSSR count). The average Bonchev–Trinajstić information content (AvgIpc) is 2.70. The number of carbonyl (C=O) groups is 2. The van der Waals surface area contributed by atoms with Crippen LogP contribution in [0.5, 0.6) is 0 Å². The number of H-pyrrole nitrogens is 1. The van der Waals surface area contributed by atoms with E-state index in [4.69, 9.17) is 9.84 Å². The summed E-state index contributed by atoms with van der Waals surface area (Å²) in [6, 6.07) is 4.83. The van der Waals surface area contributed by atoms with E-state index in [9.17, 15) is 9.59 Å². The zero-order chi connectivity index (χ0) is 14.0. The Bertz CT molecular complexity index is 633. The van der Waals surface area contributed by atoms with E-state index in [1.54, 1.807) is 32.0 Å². The van der Waals surface area contributed by atoms with Crippen molar-refractivity contribution in [2.75, 3.05) is 5.32 Å². The molecule has 1 amide bonds. The van der Waals surface area contributed by atoms with Gasteiger partial charge in [0.1, 0.15) is 0 Å². The van der Waals surface area contributed by atoms with Crippen LogP contribution in [-0.4, -0.2) is 33.2 Å². The molecule has 2 aromatic rings. The van der Waals surface area contributed by atoms with Crippen molar-refractivity contribution >= 4 is 28.8 Å². The largest absolute Gasteiger partial charge is 0.475 e. The Kier molecular flexibility index (Phi) is 3.37. The van der Waals surface area contributed by atoms with Gasteiger partial charge in [0.25, 0.3) is 0 Å². The Labute approximate surface area is 108 Å².